The lowest BCUT2D eigenvalue weighted by Gasteiger charge is -2.15. The van der Waals surface area contributed by atoms with E-state index in [9.17, 15) is 22.8 Å². The molecule has 178 valence electrons. The van der Waals surface area contributed by atoms with E-state index >= 15 is 0 Å². The Kier molecular flexibility index (Phi) is 5.44. The molecule has 0 unspecified atom stereocenters. The Morgan fingerprint density at radius 1 is 0.639 bits per heavy atom. The predicted octanol–water partition coefficient (Wildman–Crippen LogP) is 8.69. The first kappa shape index (κ1) is 22.9. The first-order chi connectivity index (χ1) is 17.3. The molecular weight excluding hydrogens is 523 g/mol. The number of hydrogen-bond acceptors (Lipinski definition) is 5. The second-order valence-corrected chi connectivity index (χ2v) is 11.2. The number of fused-ring (bicyclic) bond motifs is 1. The maximum atomic E-state index is 13.1. The molecule has 6 rings (SSSR count). The van der Waals surface area contributed by atoms with Crippen molar-refractivity contribution < 1.29 is 22.8 Å². The lowest BCUT2D eigenvalue weighted by atomic mass is 10.0. The Balaban J connectivity index is 1.28. The maximum Gasteiger partial charge on any atom is 0.416 e. The van der Waals surface area contributed by atoms with Crippen LogP contribution in [0.4, 0.5) is 18.9 Å². The molecule has 1 aliphatic heterocycles. The van der Waals surface area contributed by atoms with Gasteiger partial charge >= 0.3 is 6.18 Å². The second-order valence-electron chi connectivity index (χ2n) is 8.06. The van der Waals surface area contributed by atoms with E-state index in [0.29, 0.717) is 0 Å². The summed E-state index contributed by atoms with van der Waals surface area (Å²) < 4.78 is 38.7. The number of anilines is 1. The average Bonchev–Trinajstić information content (AvgIpc) is 3.66. The van der Waals surface area contributed by atoms with E-state index in [0.717, 1.165) is 49.4 Å². The van der Waals surface area contributed by atoms with Crippen LogP contribution in [0.2, 0.25) is 0 Å². The summed E-state index contributed by atoms with van der Waals surface area (Å²) >= 11 is 5.01. The van der Waals surface area contributed by atoms with Gasteiger partial charge in [0.2, 0.25) is 0 Å². The highest BCUT2D eigenvalue weighted by Crippen LogP contribution is 2.42. The van der Waals surface area contributed by atoms with E-state index < -0.39 is 23.6 Å². The molecule has 5 aromatic rings. The van der Waals surface area contributed by atoms with E-state index in [1.54, 1.807) is 52.2 Å². The van der Waals surface area contributed by atoms with Gasteiger partial charge in [0.25, 0.3) is 11.8 Å². The summed E-state index contributed by atoms with van der Waals surface area (Å²) in [4.78, 5) is 32.6. The van der Waals surface area contributed by atoms with Gasteiger partial charge < -0.3 is 0 Å². The molecule has 3 aromatic heterocycles. The number of carbonyl (C=O) groups excluding carboxylic acids is 2. The van der Waals surface area contributed by atoms with Gasteiger partial charge in [-0.1, -0.05) is 12.1 Å². The van der Waals surface area contributed by atoms with Crippen LogP contribution >= 0.6 is 34.0 Å². The molecule has 4 heterocycles. The van der Waals surface area contributed by atoms with E-state index in [-0.39, 0.29) is 16.8 Å². The van der Waals surface area contributed by atoms with Crippen LogP contribution in [0.15, 0.2) is 84.2 Å². The zero-order valence-corrected chi connectivity index (χ0v) is 20.7. The predicted molar refractivity (Wildman–Crippen MR) is 139 cm³/mol. The molecule has 0 radical (unpaired) electrons. The van der Waals surface area contributed by atoms with Crippen molar-refractivity contribution in [1.29, 1.82) is 0 Å². The van der Waals surface area contributed by atoms with Crippen molar-refractivity contribution in [3.05, 3.63) is 101 Å². The van der Waals surface area contributed by atoms with Crippen molar-refractivity contribution >= 4 is 51.5 Å². The number of imide groups is 1. The molecule has 0 spiro atoms. The quantitative estimate of drug-likeness (QED) is 0.215. The van der Waals surface area contributed by atoms with Crippen molar-refractivity contribution in [2.24, 2.45) is 0 Å². The van der Waals surface area contributed by atoms with Gasteiger partial charge in [-0.15, -0.1) is 34.0 Å². The number of rotatable bonds is 4. The van der Waals surface area contributed by atoms with E-state index in [4.69, 9.17) is 0 Å². The Morgan fingerprint density at radius 3 is 1.89 bits per heavy atom. The van der Waals surface area contributed by atoms with Crippen LogP contribution in [0, 0.1) is 0 Å². The number of carbonyl (C=O) groups is 2. The number of alkyl halides is 3. The first-order valence-electron chi connectivity index (χ1n) is 10.7. The average molecular weight is 538 g/mol. The largest absolute Gasteiger partial charge is 0.416 e. The summed E-state index contributed by atoms with van der Waals surface area (Å²) in [6, 6.07) is 21.5. The maximum absolute atomic E-state index is 13.1. The molecule has 2 aromatic carbocycles. The van der Waals surface area contributed by atoms with Gasteiger partial charge in [-0.05, 0) is 77.7 Å². The first-order valence-corrected chi connectivity index (χ1v) is 13.3. The fourth-order valence-corrected chi connectivity index (χ4v) is 7.01. The van der Waals surface area contributed by atoms with Crippen LogP contribution in [-0.4, -0.2) is 11.8 Å². The Bertz CT molecular complexity index is 1610. The summed E-state index contributed by atoms with van der Waals surface area (Å²) in [5.74, 6) is -1.10. The molecule has 3 nitrogen and oxygen atoms in total. The zero-order chi connectivity index (χ0) is 25.0. The summed E-state index contributed by atoms with van der Waals surface area (Å²) in [5.41, 5.74) is 0.540. The Hall–Kier alpha value is -3.53. The second kappa shape index (κ2) is 8.55. The molecule has 36 heavy (non-hydrogen) atoms. The van der Waals surface area contributed by atoms with Crippen molar-refractivity contribution in [2.45, 2.75) is 6.18 Å². The number of benzene rings is 2. The van der Waals surface area contributed by atoms with Gasteiger partial charge in [-0.25, -0.2) is 4.90 Å². The third-order valence-electron chi connectivity index (χ3n) is 5.84. The molecule has 1 aliphatic rings. The zero-order valence-electron chi connectivity index (χ0n) is 18.2. The Labute approximate surface area is 215 Å². The number of thiophene rings is 3. The fraction of sp³-hybridized carbons (Fsp3) is 0.0370. The Morgan fingerprint density at radius 2 is 1.25 bits per heavy atom. The normalized spacial score (nSPS) is 13.5. The van der Waals surface area contributed by atoms with E-state index in [1.165, 1.54) is 9.75 Å². The van der Waals surface area contributed by atoms with Gasteiger partial charge in [0.05, 0.1) is 22.4 Å². The van der Waals surface area contributed by atoms with Crippen molar-refractivity contribution in [1.82, 2.24) is 0 Å². The van der Waals surface area contributed by atoms with Crippen molar-refractivity contribution in [3.8, 4) is 29.9 Å². The fourth-order valence-electron chi connectivity index (χ4n) is 4.08. The van der Waals surface area contributed by atoms with Crippen molar-refractivity contribution in [3.63, 3.8) is 0 Å². The molecule has 0 bridgehead atoms. The van der Waals surface area contributed by atoms with Gasteiger partial charge in [0.1, 0.15) is 0 Å². The number of hydrogen-bond donors (Lipinski definition) is 0. The highest BCUT2D eigenvalue weighted by atomic mass is 32.1. The highest BCUT2D eigenvalue weighted by molar-refractivity contribution is 7.27. The minimum atomic E-state index is -4.50. The molecule has 0 N–H and O–H groups in total. The molecule has 9 heteroatoms. The molecule has 0 fully saturated rings. The molecule has 2 amide bonds. The number of halogens is 3. The minimum Gasteiger partial charge on any atom is -0.268 e. The van der Waals surface area contributed by atoms with Crippen molar-refractivity contribution in [2.75, 3.05) is 4.90 Å². The van der Waals surface area contributed by atoms with Crippen LogP contribution in [0.25, 0.3) is 29.9 Å². The number of nitrogens with zero attached hydrogens (tertiary/aromatic N) is 1. The third kappa shape index (κ3) is 3.89. The van der Waals surface area contributed by atoms with Crippen LogP contribution < -0.4 is 4.90 Å². The molecule has 0 atom stereocenters. The van der Waals surface area contributed by atoms with Gasteiger partial charge in [-0.2, -0.15) is 13.2 Å². The molecule has 0 saturated heterocycles. The van der Waals surface area contributed by atoms with Crippen LogP contribution in [0.3, 0.4) is 0 Å². The molecule has 0 aliphatic carbocycles. The smallest absolute Gasteiger partial charge is 0.268 e. The van der Waals surface area contributed by atoms with Crippen LogP contribution in [0.1, 0.15) is 26.3 Å². The van der Waals surface area contributed by atoms with E-state index in [1.807, 2.05) is 18.2 Å². The highest BCUT2D eigenvalue weighted by Gasteiger charge is 2.37. The summed E-state index contributed by atoms with van der Waals surface area (Å²) in [6.07, 6.45) is -4.50. The lowest BCUT2D eigenvalue weighted by molar-refractivity contribution is -0.137. The SMILES string of the molecule is O=C1c2ccc(-c3ccc(-c4ccc(-c5cccs5)s4)s3)cc2C(=O)N1c1ccc(C(F)(F)F)cc1. The summed E-state index contributed by atoms with van der Waals surface area (Å²) in [5, 5.41) is 2.05. The van der Waals surface area contributed by atoms with E-state index in [2.05, 4.69) is 23.6 Å². The summed E-state index contributed by atoms with van der Waals surface area (Å²) in [7, 11) is 0. The van der Waals surface area contributed by atoms with Crippen LogP contribution in [-0.2, 0) is 6.18 Å². The summed E-state index contributed by atoms with van der Waals surface area (Å²) in [6.45, 7) is 0. The van der Waals surface area contributed by atoms with Gasteiger partial charge in [0.15, 0.2) is 0 Å². The minimum absolute atomic E-state index is 0.105. The number of amides is 2. The van der Waals surface area contributed by atoms with Gasteiger partial charge in [0, 0.05) is 24.4 Å². The molecular formula is C27H14F3NO2S3. The molecule has 0 saturated carbocycles. The topological polar surface area (TPSA) is 37.4 Å². The van der Waals surface area contributed by atoms with Crippen LogP contribution in [0.5, 0.6) is 0 Å². The lowest BCUT2D eigenvalue weighted by Crippen LogP contribution is -2.29. The standard InChI is InChI=1S/C27H14F3NO2S3/c28-27(29,30)16-4-6-17(7-5-16)31-25(32)18-8-3-15(14-19(18)26(31)33)20-9-10-23(35-20)24-12-11-22(36-24)21-2-1-13-34-21/h1-14H. The third-order valence-corrected chi connectivity index (χ3v) is 9.32. The monoisotopic (exact) mass is 537 g/mol. The van der Waals surface area contributed by atoms with Gasteiger partial charge in [-0.3, -0.25) is 9.59 Å².